The molecule has 2 rings (SSSR count). The molecule has 0 fully saturated rings. The topological polar surface area (TPSA) is 64.5 Å². The molecular formula is C15H18N2O3. The molecule has 0 saturated carbocycles. The van der Waals surface area contributed by atoms with Gasteiger partial charge in [-0.15, -0.1) is 5.10 Å². The summed E-state index contributed by atoms with van der Waals surface area (Å²) in [6, 6.07) is 9.06. The van der Waals surface area contributed by atoms with Gasteiger partial charge in [-0.1, -0.05) is 12.1 Å². The van der Waals surface area contributed by atoms with Crippen molar-refractivity contribution in [1.82, 2.24) is 10.2 Å². The van der Waals surface area contributed by atoms with E-state index in [1.807, 2.05) is 32.0 Å². The highest BCUT2D eigenvalue weighted by Gasteiger charge is 2.10. The molecule has 1 aromatic heterocycles. The van der Waals surface area contributed by atoms with Gasteiger partial charge >= 0.3 is 0 Å². The van der Waals surface area contributed by atoms with Crippen molar-refractivity contribution in [3.05, 3.63) is 47.2 Å². The Labute approximate surface area is 118 Å². The number of hydrogen-bond acceptors (Lipinski definition) is 5. The summed E-state index contributed by atoms with van der Waals surface area (Å²) in [6.07, 6.45) is -0.742. The van der Waals surface area contributed by atoms with Crippen molar-refractivity contribution in [3.63, 3.8) is 0 Å². The van der Waals surface area contributed by atoms with Crippen LogP contribution in [0, 0.1) is 13.8 Å². The molecular weight excluding hydrogens is 256 g/mol. The monoisotopic (exact) mass is 274 g/mol. The van der Waals surface area contributed by atoms with Gasteiger partial charge in [-0.05, 0) is 37.1 Å². The van der Waals surface area contributed by atoms with E-state index < -0.39 is 6.10 Å². The van der Waals surface area contributed by atoms with Crippen molar-refractivity contribution in [1.29, 1.82) is 0 Å². The third-order valence-corrected chi connectivity index (χ3v) is 3.08. The molecule has 5 heteroatoms. The second-order valence-electron chi connectivity index (χ2n) is 4.55. The summed E-state index contributed by atoms with van der Waals surface area (Å²) in [5, 5.41) is 18.0. The lowest BCUT2D eigenvalue weighted by atomic mass is 10.1. The fourth-order valence-electron chi connectivity index (χ4n) is 1.70. The molecule has 5 nitrogen and oxygen atoms in total. The van der Waals surface area contributed by atoms with Crippen LogP contribution in [-0.2, 0) is 0 Å². The quantitative estimate of drug-likeness (QED) is 0.905. The third kappa shape index (κ3) is 3.45. The van der Waals surface area contributed by atoms with Crippen LogP contribution in [0.3, 0.4) is 0 Å². The summed E-state index contributed by atoms with van der Waals surface area (Å²) < 4.78 is 10.6. The molecule has 0 aliphatic carbocycles. The second-order valence-corrected chi connectivity index (χ2v) is 4.55. The Morgan fingerprint density at radius 1 is 1.20 bits per heavy atom. The van der Waals surface area contributed by atoms with E-state index in [4.69, 9.17) is 9.47 Å². The van der Waals surface area contributed by atoms with Gasteiger partial charge in [-0.2, -0.15) is 5.10 Å². The lowest BCUT2D eigenvalue weighted by Crippen LogP contribution is -2.11. The molecule has 0 bridgehead atoms. The Kier molecular flexibility index (Phi) is 4.53. The van der Waals surface area contributed by atoms with Gasteiger partial charge in [0.05, 0.1) is 12.8 Å². The highest BCUT2D eigenvalue weighted by Crippen LogP contribution is 2.20. The zero-order valence-corrected chi connectivity index (χ0v) is 11.8. The largest absolute Gasteiger partial charge is 0.497 e. The SMILES string of the molecule is COc1cccc(C(O)COc2cc(C)c(C)nn2)c1. The molecule has 1 unspecified atom stereocenters. The van der Waals surface area contributed by atoms with E-state index in [1.54, 1.807) is 19.2 Å². The van der Waals surface area contributed by atoms with Crippen LogP contribution in [0.25, 0.3) is 0 Å². The molecule has 1 aromatic carbocycles. The highest BCUT2D eigenvalue weighted by atomic mass is 16.5. The van der Waals surface area contributed by atoms with E-state index in [9.17, 15) is 5.11 Å². The summed E-state index contributed by atoms with van der Waals surface area (Å²) in [5.74, 6) is 1.11. The van der Waals surface area contributed by atoms with Crippen molar-refractivity contribution < 1.29 is 14.6 Å². The second kappa shape index (κ2) is 6.34. The maximum atomic E-state index is 10.1. The van der Waals surface area contributed by atoms with Gasteiger partial charge in [0.25, 0.3) is 0 Å². The van der Waals surface area contributed by atoms with Gasteiger partial charge in [0.15, 0.2) is 0 Å². The zero-order chi connectivity index (χ0) is 14.5. The molecule has 106 valence electrons. The molecule has 0 saturated heterocycles. The number of aliphatic hydroxyl groups is 1. The smallest absolute Gasteiger partial charge is 0.233 e. The molecule has 1 atom stereocenters. The van der Waals surface area contributed by atoms with E-state index in [0.29, 0.717) is 11.6 Å². The van der Waals surface area contributed by atoms with Gasteiger partial charge in [-0.3, -0.25) is 0 Å². The number of aliphatic hydroxyl groups excluding tert-OH is 1. The Hall–Kier alpha value is -2.14. The van der Waals surface area contributed by atoms with Crippen molar-refractivity contribution in [2.24, 2.45) is 0 Å². The number of ether oxygens (including phenoxy) is 2. The van der Waals surface area contributed by atoms with Crippen LogP contribution in [0.4, 0.5) is 0 Å². The van der Waals surface area contributed by atoms with Crippen molar-refractivity contribution in [2.45, 2.75) is 20.0 Å². The first-order chi connectivity index (χ1) is 9.60. The van der Waals surface area contributed by atoms with E-state index in [1.165, 1.54) is 0 Å². The molecule has 0 aliphatic heterocycles. The van der Waals surface area contributed by atoms with E-state index in [-0.39, 0.29) is 6.61 Å². The average Bonchev–Trinajstić information content (AvgIpc) is 2.48. The van der Waals surface area contributed by atoms with Crippen molar-refractivity contribution in [2.75, 3.05) is 13.7 Å². The summed E-state index contributed by atoms with van der Waals surface area (Å²) in [5.41, 5.74) is 2.61. The molecule has 2 aromatic rings. The van der Waals surface area contributed by atoms with Crippen LogP contribution >= 0.6 is 0 Å². The Balaban J connectivity index is 2.00. The fourth-order valence-corrected chi connectivity index (χ4v) is 1.70. The van der Waals surface area contributed by atoms with Gasteiger partial charge in [-0.25, -0.2) is 0 Å². The molecule has 0 amide bonds. The van der Waals surface area contributed by atoms with Crippen LogP contribution in [0.2, 0.25) is 0 Å². The maximum absolute atomic E-state index is 10.1. The van der Waals surface area contributed by atoms with Gasteiger partial charge in [0.2, 0.25) is 5.88 Å². The predicted octanol–water partition coefficient (Wildman–Crippen LogP) is 2.21. The lowest BCUT2D eigenvalue weighted by molar-refractivity contribution is 0.104. The van der Waals surface area contributed by atoms with E-state index in [2.05, 4.69) is 10.2 Å². The number of nitrogens with zero attached hydrogens (tertiary/aromatic N) is 2. The van der Waals surface area contributed by atoms with Crippen LogP contribution in [0.15, 0.2) is 30.3 Å². The minimum Gasteiger partial charge on any atom is -0.497 e. The first-order valence-corrected chi connectivity index (χ1v) is 6.36. The normalized spacial score (nSPS) is 12.0. The van der Waals surface area contributed by atoms with Crippen LogP contribution in [0.1, 0.15) is 22.9 Å². The third-order valence-electron chi connectivity index (χ3n) is 3.08. The maximum Gasteiger partial charge on any atom is 0.233 e. The standard InChI is InChI=1S/C15H18N2O3/c1-10-7-15(17-16-11(10)2)20-9-14(18)12-5-4-6-13(8-12)19-3/h4-8,14,18H,9H2,1-3H3. The number of rotatable bonds is 5. The van der Waals surface area contributed by atoms with E-state index in [0.717, 1.165) is 16.8 Å². The first kappa shape index (κ1) is 14.3. The average molecular weight is 274 g/mol. The van der Waals surface area contributed by atoms with Crippen molar-refractivity contribution >= 4 is 0 Å². The Bertz CT molecular complexity index is 587. The minimum absolute atomic E-state index is 0.115. The molecule has 20 heavy (non-hydrogen) atoms. The molecule has 0 spiro atoms. The lowest BCUT2D eigenvalue weighted by Gasteiger charge is -2.13. The summed E-state index contributed by atoms with van der Waals surface area (Å²) in [4.78, 5) is 0. The Morgan fingerprint density at radius 3 is 2.70 bits per heavy atom. The minimum atomic E-state index is -0.742. The van der Waals surface area contributed by atoms with Crippen molar-refractivity contribution in [3.8, 4) is 11.6 Å². The number of methoxy groups -OCH3 is 1. The summed E-state index contributed by atoms with van der Waals surface area (Å²) in [7, 11) is 1.59. The Morgan fingerprint density at radius 2 is 2.00 bits per heavy atom. The fraction of sp³-hybridized carbons (Fsp3) is 0.333. The summed E-state index contributed by atoms with van der Waals surface area (Å²) >= 11 is 0. The van der Waals surface area contributed by atoms with Gasteiger partial charge < -0.3 is 14.6 Å². The molecule has 0 radical (unpaired) electrons. The molecule has 0 aliphatic rings. The first-order valence-electron chi connectivity index (χ1n) is 6.36. The predicted molar refractivity (Wildman–Crippen MR) is 75.0 cm³/mol. The molecule has 1 heterocycles. The number of benzene rings is 1. The molecule has 1 N–H and O–H groups in total. The summed E-state index contributed by atoms with van der Waals surface area (Å²) in [6.45, 7) is 3.94. The van der Waals surface area contributed by atoms with E-state index >= 15 is 0 Å². The van der Waals surface area contributed by atoms with Gasteiger partial charge in [0.1, 0.15) is 18.5 Å². The van der Waals surface area contributed by atoms with Crippen LogP contribution in [-0.4, -0.2) is 29.0 Å². The number of aromatic nitrogens is 2. The highest BCUT2D eigenvalue weighted by molar-refractivity contribution is 5.30. The van der Waals surface area contributed by atoms with Gasteiger partial charge in [0, 0.05) is 6.07 Å². The number of aryl methyl sites for hydroxylation is 2. The number of hydrogen-bond donors (Lipinski definition) is 1. The van der Waals surface area contributed by atoms with Crippen LogP contribution < -0.4 is 9.47 Å². The zero-order valence-electron chi connectivity index (χ0n) is 11.8. The van der Waals surface area contributed by atoms with Crippen LogP contribution in [0.5, 0.6) is 11.6 Å².